The van der Waals surface area contributed by atoms with Crippen LogP contribution in [0.4, 0.5) is 0 Å². The zero-order valence-corrected chi connectivity index (χ0v) is 25.4. The van der Waals surface area contributed by atoms with Gasteiger partial charge < -0.3 is 14.4 Å². The third-order valence-corrected chi connectivity index (χ3v) is 9.81. The normalized spacial score (nSPS) is 11.4. The zero-order chi connectivity index (χ0) is 29.7. The Morgan fingerprint density at radius 1 is 0.884 bits per heavy atom. The third kappa shape index (κ3) is 4.88. The molecular formula is C35H27N3O3S2. The minimum absolute atomic E-state index is 0.317. The Hall–Kier alpha value is -4.79. The quantitative estimate of drug-likeness (QED) is 0.197. The lowest BCUT2D eigenvalue weighted by Crippen LogP contribution is -2.03. The maximum absolute atomic E-state index is 12.1. The summed E-state index contributed by atoms with van der Waals surface area (Å²) in [6.45, 7) is 4.59. The van der Waals surface area contributed by atoms with Crippen LogP contribution in [0.3, 0.4) is 0 Å². The van der Waals surface area contributed by atoms with E-state index in [9.17, 15) is 9.90 Å². The minimum atomic E-state index is -0.923. The molecule has 1 N–H and O–H groups in total. The summed E-state index contributed by atoms with van der Waals surface area (Å²) >= 11 is 2.98. The lowest BCUT2D eigenvalue weighted by atomic mass is 9.99. The van der Waals surface area contributed by atoms with E-state index in [2.05, 4.69) is 58.1 Å². The Balaban J connectivity index is 1.46. The van der Waals surface area contributed by atoms with Gasteiger partial charge in [0, 0.05) is 17.5 Å². The van der Waals surface area contributed by atoms with Gasteiger partial charge in [0.1, 0.15) is 10.6 Å². The van der Waals surface area contributed by atoms with Gasteiger partial charge in [0.05, 0.1) is 49.8 Å². The van der Waals surface area contributed by atoms with E-state index >= 15 is 0 Å². The van der Waals surface area contributed by atoms with Crippen molar-refractivity contribution in [1.29, 1.82) is 0 Å². The molecule has 0 saturated heterocycles. The highest BCUT2D eigenvalue weighted by Crippen LogP contribution is 2.45. The molecule has 0 atom stereocenters. The average molecular weight is 602 g/mol. The largest absolute Gasteiger partial charge is 0.497 e. The van der Waals surface area contributed by atoms with E-state index in [1.54, 1.807) is 24.5 Å². The summed E-state index contributed by atoms with van der Waals surface area (Å²) in [6.07, 6.45) is 0. The van der Waals surface area contributed by atoms with Crippen LogP contribution in [-0.4, -0.2) is 32.7 Å². The Labute approximate surface area is 256 Å². The monoisotopic (exact) mass is 601 g/mol. The molecule has 0 amide bonds. The molecule has 0 aliphatic rings. The second kappa shape index (κ2) is 10.8. The number of aromatic carboxylic acids is 1. The Morgan fingerprint density at radius 3 is 2.47 bits per heavy atom. The van der Waals surface area contributed by atoms with Crippen LogP contribution >= 0.6 is 22.7 Å². The molecule has 4 heterocycles. The molecule has 0 unspecified atom stereocenters. The molecule has 0 radical (unpaired) electrons. The molecule has 212 valence electrons. The predicted octanol–water partition coefficient (Wildman–Crippen LogP) is 9.08. The molecular weight excluding hydrogens is 575 g/mol. The molecule has 7 aromatic rings. The molecule has 8 heteroatoms. The van der Waals surface area contributed by atoms with Gasteiger partial charge in [-0.1, -0.05) is 54.6 Å². The molecule has 3 aromatic carbocycles. The molecule has 4 aromatic heterocycles. The minimum Gasteiger partial charge on any atom is -0.497 e. The first-order chi connectivity index (χ1) is 20.9. The number of ether oxygens (including phenoxy) is 1. The van der Waals surface area contributed by atoms with Gasteiger partial charge >= 0.3 is 5.97 Å². The number of aromatic nitrogens is 3. The van der Waals surface area contributed by atoms with Crippen molar-refractivity contribution in [3.8, 4) is 38.7 Å². The third-order valence-electron chi connectivity index (χ3n) is 7.58. The van der Waals surface area contributed by atoms with Gasteiger partial charge in [-0.2, -0.15) is 0 Å². The van der Waals surface area contributed by atoms with Crippen LogP contribution in [0, 0.1) is 13.8 Å². The van der Waals surface area contributed by atoms with Crippen LogP contribution in [0.1, 0.15) is 25.9 Å². The number of pyridine rings is 1. The van der Waals surface area contributed by atoms with E-state index in [-0.39, 0.29) is 0 Å². The highest BCUT2D eigenvalue weighted by molar-refractivity contribution is 7.21. The number of carboxylic acid groups (broad SMARTS) is 1. The standard InChI is InChI=1S/C35H27N3O3S2/c1-20-33(42-21(2)36-20)28-15-12-24-17-25(13-14-27(24)37-28)32-31(23-9-5-4-6-10-23)34-29(18-30(43-34)35(39)40)38(32)19-22-8-7-11-26(16-22)41-3/h4-18H,19H2,1-3H3,(H,39,40). The molecule has 6 nitrogen and oxygen atoms in total. The molecule has 0 fully saturated rings. The summed E-state index contributed by atoms with van der Waals surface area (Å²) in [4.78, 5) is 23.1. The van der Waals surface area contributed by atoms with E-state index in [0.717, 1.165) is 76.1 Å². The van der Waals surface area contributed by atoms with Gasteiger partial charge in [0.2, 0.25) is 0 Å². The van der Waals surface area contributed by atoms with Crippen molar-refractivity contribution >= 4 is 49.8 Å². The van der Waals surface area contributed by atoms with Crippen molar-refractivity contribution < 1.29 is 14.6 Å². The number of aryl methyl sites for hydroxylation is 2. The number of hydrogen-bond donors (Lipinski definition) is 1. The molecule has 0 saturated carbocycles. The van der Waals surface area contributed by atoms with Crippen LogP contribution in [0.25, 0.3) is 54.1 Å². The van der Waals surface area contributed by atoms with Gasteiger partial charge in [-0.15, -0.1) is 22.7 Å². The predicted molar refractivity (Wildman–Crippen MR) is 176 cm³/mol. The van der Waals surface area contributed by atoms with E-state index < -0.39 is 5.97 Å². The van der Waals surface area contributed by atoms with Gasteiger partial charge in [0.25, 0.3) is 0 Å². The van der Waals surface area contributed by atoms with E-state index in [1.165, 1.54) is 11.3 Å². The lowest BCUT2D eigenvalue weighted by molar-refractivity contribution is 0.0702. The number of hydrogen-bond acceptors (Lipinski definition) is 6. The number of thiazole rings is 1. The average Bonchev–Trinajstić information content (AvgIpc) is 3.69. The molecule has 0 aliphatic heterocycles. The number of fused-ring (bicyclic) bond motifs is 2. The maximum atomic E-state index is 12.1. The van der Waals surface area contributed by atoms with Crippen molar-refractivity contribution in [1.82, 2.24) is 14.5 Å². The number of nitrogens with zero attached hydrogens (tertiary/aromatic N) is 3. The van der Waals surface area contributed by atoms with Crippen molar-refractivity contribution in [2.75, 3.05) is 7.11 Å². The van der Waals surface area contributed by atoms with Crippen LogP contribution in [0.5, 0.6) is 5.75 Å². The zero-order valence-electron chi connectivity index (χ0n) is 23.8. The second-order valence-corrected chi connectivity index (χ2v) is 12.7. The summed E-state index contributed by atoms with van der Waals surface area (Å²) in [5.74, 6) is -0.144. The number of carbonyl (C=O) groups is 1. The number of thiophene rings is 1. The summed E-state index contributed by atoms with van der Waals surface area (Å²) in [7, 11) is 1.66. The second-order valence-electron chi connectivity index (χ2n) is 10.4. The fourth-order valence-corrected chi connectivity index (χ4v) is 7.65. The molecule has 7 rings (SSSR count). The molecule has 0 bridgehead atoms. The number of benzene rings is 3. The lowest BCUT2D eigenvalue weighted by Gasteiger charge is -2.15. The van der Waals surface area contributed by atoms with Gasteiger partial charge in [-0.3, -0.25) is 0 Å². The smallest absolute Gasteiger partial charge is 0.345 e. The van der Waals surface area contributed by atoms with Crippen LogP contribution in [-0.2, 0) is 6.54 Å². The van der Waals surface area contributed by atoms with Crippen molar-refractivity contribution in [3.05, 3.63) is 112 Å². The van der Waals surface area contributed by atoms with Crippen molar-refractivity contribution in [3.63, 3.8) is 0 Å². The maximum Gasteiger partial charge on any atom is 0.345 e. The summed E-state index contributed by atoms with van der Waals surface area (Å²) in [5.41, 5.74) is 8.91. The number of carboxylic acids is 1. The Morgan fingerprint density at radius 2 is 1.72 bits per heavy atom. The van der Waals surface area contributed by atoms with E-state index in [4.69, 9.17) is 9.72 Å². The summed E-state index contributed by atoms with van der Waals surface area (Å²) in [6, 6.07) is 30.6. The first-order valence-corrected chi connectivity index (χ1v) is 15.5. The SMILES string of the molecule is COc1cccc(Cn2c(-c3ccc4nc(-c5sc(C)nc5C)ccc4c3)c(-c3ccccc3)c3sc(C(=O)O)cc32)c1. The Bertz CT molecular complexity index is 2160. The van der Waals surface area contributed by atoms with E-state index in [1.807, 2.05) is 50.2 Å². The van der Waals surface area contributed by atoms with Gasteiger partial charge in [0.15, 0.2) is 0 Å². The first kappa shape index (κ1) is 27.1. The van der Waals surface area contributed by atoms with Crippen LogP contribution in [0.2, 0.25) is 0 Å². The highest BCUT2D eigenvalue weighted by atomic mass is 32.1. The number of methoxy groups -OCH3 is 1. The van der Waals surface area contributed by atoms with Gasteiger partial charge in [-0.05, 0) is 66.9 Å². The number of rotatable bonds is 7. The van der Waals surface area contributed by atoms with Crippen molar-refractivity contribution in [2.24, 2.45) is 0 Å². The molecule has 0 aliphatic carbocycles. The summed E-state index contributed by atoms with van der Waals surface area (Å²) < 4.78 is 8.70. The van der Waals surface area contributed by atoms with E-state index in [0.29, 0.717) is 11.4 Å². The van der Waals surface area contributed by atoms with Crippen molar-refractivity contribution in [2.45, 2.75) is 20.4 Å². The summed E-state index contributed by atoms with van der Waals surface area (Å²) in [5, 5.41) is 12.0. The Kier molecular flexibility index (Phi) is 6.80. The topological polar surface area (TPSA) is 77.2 Å². The van der Waals surface area contributed by atoms with Crippen LogP contribution < -0.4 is 4.74 Å². The fourth-order valence-electron chi connectivity index (χ4n) is 5.69. The van der Waals surface area contributed by atoms with Gasteiger partial charge in [-0.25, -0.2) is 14.8 Å². The highest BCUT2D eigenvalue weighted by Gasteiger charge is 2.24. The fraction of sp³-hybridized carbons (Fsp3) is 0.114. The molecule has 43 heavy (non-hydrogen) atoms. The molecule has 0 spiro atoms. The first-order valence-electron chi connectivity index (χ1n) is 13.8. The van der Waals surface area contributed by atoms with Crippen LogP contribution in [0.15, 0.2) is 91.0 Å².